The maximum absolute atomic E-state index is 11.9. The Labute approximate surface area is 180 Å². The molecule has 0 aromatic heterocycles. The van der Waals surface area contributed by atoms with E-state index in [0.29, 0.717) is 0 Å². The largest absolute Gasteiger partial charge is 0.460 e. The van der Waals surface area contributed by atoms with Gasteiger partial charge in [0.15, 0.2) is 4.32 Å². The summed E-state index contributed by atoms with van der Waals surface area (Å²) < 4.78 is 17.5. The Morgan fingerprint density at radius 1 is 1.00 bits per heavy atom. The molecule has 0 aliphatic heterocycles. The molecule has 8 heteroatoms. The normalized spacial score (nSPS) is 36.0. The van der Waals surface area contributed by atoms with Gasteiger partial charge in [-0.25, -0.2) is 0 Å². The van der Waals surface area contributed by atoms with Crippen LogP contribution in [0.15, 0.2) is 39.3 Å². The van der Waals surface area contributed by atoms with Crippen LogP contribution in [-0.2, 0) is 19.0 Å². The molecule has 3 rings (SSSR count). The van der Waals surface area contributed by atoms with Crippen LogP contribution in [0.5, 0.6) is 0 Å². The number of benzene rings is 1. The van der Waals surface area contributed by atoms with Gasteiger partial charge in [0.05, 0.1) is 0 Å². The van der Waals surface area contributed by atoms with Crippen molar-refractivity contribution in [3.8, 4) is 0 Å². The molecule has 2 aliphatic rings. The van der Waals surface area contributed by atoms with Gasteiger partial charge < -0.3 is 14.2 Å². The van der Waals surface area contributed by atoms with E-state index in [2.05, 4.69) is 63.7 Å². The van der Waals surface area contributed by atoms with Crippen LogP contribution < -0.4 is 0 Å². The Balaban J connectivity index is 2.33. The highest BCUT2D eigenvalue weighted by molar-refractivity contribution is 9.16. The van der Waals surface area contributed by atoms with E-state index in [1.165, 1.54) is 6.92 Å². The number of ether oxygens (including phenoxy) is 3. The second kappa shape index (κ2) is 6.71. The van der Waals surface area contributed by atoms with Crippen molar-refractivity contribution in [1.29, 1.82) is 0 Å². The molecule has 25 heavy (non-hydrogen) atoms. The molecule has 136 valence electrons. The van der Waals surface area contributed by atoms with Gasteiger partial charge in [0.2, 0.25) is 5.79 Å². The number of esters is 1. The van der Waals surface area contributed by atoms with Gasteiger partial charge in [-0.15, -0.1) is 0 Å². The first-order valence-corrected chi connectivity index (χ1v) is 10.7. The number of hydrogen-bond acceptors (Lipinski definition) is 4. The SMILES string of the molecule is COC1(OC)C2(Br)C(Br)=C(Br)C1(Br)C(c1ccccc1)C2OC(C)=O. The molecule has 0 saturated heterocycles. The fourth-order valence-corrected chi connectivity index (χ4v) is 8.98. The first-order chi connectivity index (χ1) is 11.7. The zero-order valence-electron chi connectivity index (χ0n) is 13.7. The number of halogens is 4. The molecule has 0 amide bonds. The summed E-state index contributed by atoms with van der Waals surface area (Å²) >= 11 is 15.1. The lowest BCUT2D eigenvalue weighted by atomic mass is 9.84. The summed E-state index contributed by atoms with van der Waals surface area (Å²) in [5.74, 6) is -1.78. The van der Waals surface area contributed by atoms with Gasteiger partial charge in [-0.3, -0.25) is 4.79 Å². The van der Waals surface area contributed by atoms with Crippen molar-refractivity contribution in [1.82, 2.24) is 0 Å². The molecule has 0 radical (unpaired) electrons. The Morgan fingerprint density at radius 3 is 2.00 bits per heavy atom. The van der Waals surface area contributed by atoms with Crippen molar-refractivity contribution < 1.29 is 19.0 Å². The van der Waals surface area contributed by atoms with Crippen molar-refractivity contribution in [2.75, 3.05) is 14.2 Å². The number of methoxy groups -OCH3 is 2. The molecular weight excluding hydrogens is 588 g/mol. The number of carbonyl (C=O) groups excluding carboxylic acids is 1. The number of fused-ring (bicyclic) bond motifs is 2. The number of carbonyl (C=O) groups is 1. The fourth-order valence-electron chi connectivity index (χ4n) is 4.04. The summed E-state index contributed by atoms with van der Waals surface area (Å²) in [6, 6.07) is 9.87. The Bertz CT molecular complexity index is 733. The van der Waals surface area contributed by atoms with Crippen LogP contribution in [-0.4, -0.2) is 40.7 Å². The van der Waals surface area contributed by atoms with Crippen LogP contribution in [0.25, 0.3) is 0 Å². The molecular formula is C17H16Br4O4. The summed E-state index contributed by atoms with van der Waals surface area (Å²) in [4.78, 5) is 11.9. The molecule has 0 N–H and O–H groups in total. The van der Waals surface area contributed by atoms with E-state index in [4.69, 9.17) is 14.2 Å². The number of hydrogen-bond donors (Lipinski definition) is 0. The minimum absolute atomic E-state index is 0.257. The highest BCUT2D eigenvalue weighted by atomic mass is 79.9. The zero-order valence-corrected chi connectivity index (χ0v) is 20.0. The van der Waals surface area contributed by atoms with Crippen LogP contribution >= 0.6 is 63.7 Å². The van der Waals surface area contributed by atoms with E-state index in [1.807, 2.05) is 30.3 Å². The highest BCUT2D eigenvalue weighted by Crippen LogP contribution is 2.76. The highest BCUT2D eigenvalue weighted by Gasteiger charge is 2.85. The third-order valence-corrected chi connectivity index (χ3v) is 11.4. The maximum atomic E-state index is 11.9. The molecule has 4 nitrogen and oxygen atoms in total. The number of alkyl halides is 2. The van der Waals surface area contributed by atoms with E-state index >= 15 is 0 Å². The summed E-state index contributed by atoms with van der Waals surface area (Å²) in [5, 5.41) is 0. The first-order valence-electron chi connectivity index (χ1n) is 7.48. The van der Waals surface area contributed by atoms with E-state index in [1.54, 1.807) is 14.2 Å². The third kappa shape index (κ3) is 2.30. The monoisotopic (exact) mass is 600 g/mol. The summed E-state index contributed by atoms with van der Waals surface area (Å²) in [6.45, 7) is 1.40. The minimum atomic E-state index is -1.15. The van der Waals surface area contributed by atoms with Crippen molar-refractivity contribution in [2.45, 2.75) is 33.4 Å². The lowest BCUT2D eigenvalue weighted by molar-refractivity contribution is -0.216. The van der Waals surface area contributed by atoms with Crippen LogP contribution in [0, 0.1) is 0 Å². The lowest BCUT2D eigenvalue weighted by Crippen LogP contribution is -2.57. The summed E-state index contributed by atoms with van der Waals surface area (Å²) in [7, 11) is 3.17. The van der Waals surface area contributed by atoms with Gasteiger partial charge in [0.25, 0.3) is 0 Å². The minimum Gasteiger partial charge on any atom is -0.460 e. The predicted octanol–water partition coefficient (Wildman–Crippen LogP) is 4.99. The van der Waals surface area contributed by atoms with E-state index in [-0.39, 0.29) is 11.9 Å². The molecule has 1 fully saturated rings. The second-order valence-corrected chi connectivity index (χ2v) is 10.1. The molecule has 1 saturated carbocycles. The smallest absolute Gasteiger partial charge is 0.302 e. The van der Waals surface area contributed by atoms with Gasteiger partial charge >= 0.3 is 5.97 Å². The standard InChI is InChI=1S/C17H16Br4O4/c1-9(22)25-14-11(10-7-5-4-6-8-10)15(20)12(18)13(19)16(14,21)17(15,23-2)24-3/h4-8,11,14H,1-3H3. The molecule has 2 bridgehead atoms. The lowest BCUT2D eigenvalue weighted by Gasteiger charge is -2.41. The maximum Gasteiger partial charge on any atom is 0.302 e. The Morgan fingerprint density at radius 2 is 1.52 bits per heavy atom. The molecule has 2 aliphatic carbocycles. The van der Waals surface area contributed by atoms with E-state index in [9.17, 15) is 4.79 Å². The van der Waals surface area contributed by atoms with Gasteiger partial charge in [-0.2, -0.15) is 0 Å². The first kappa shape index (κ1) is 20.0. The van der Waals surface area contributed by atoms with Crippen LogP contribution in [0.2, 0.25) is 0 Å². The van der Waals surface area contributed by atoms with Gasteiger partial charge in [0.1, 0.15) is 10.4 Å². The Kier molecular flexibility index (Phi) is 5.37. The zero-order chi connectivity index (χ0) is 18.6. The van der Waals surface area contributed by atoms with Gasteiger partial charge in [0, 0.05) is 36.0 Å². The molecule has 1 aromatic rings. The van der Waals surface area contributed by atoms with E-state index < -0.39 is 20.5 Å². The quantitative estimate of drug-likeness (QED) is 0.277. The Hall–Kier alpha value is 0.270. The fraction of sp³-hybridized carbons (Fsp3) is 0.471. The topological polar surface area (TPSA) is 44.8 Å². The van der Waals surface area contributed by atoms with Crippen molar-refractivity contribution in [3.05, 3.63) is 44.9 Å². The summed E-state index contributed by atoms with van der Waals surface area (Å²) in [5.41, 5.74) is 1.00. The summed E-state index contributed by atoms with van der Waals surface area (Å²) in [6.07, 6.45) is -0.567. The van der Waals surface area contributed by atoms with Crippen LogP contribution in [0.3, 0.4) is 0 Å². The van der Waals surface area contributed by atoms with Gasteiger partial charge in [-0.05, 0) is 5.56 Å². The second-order valence-electron chi connectivity index (χ2n) is 5.99. The van der Waals surface area contributed by atoms with Crippen molar-refractivity contribution in [2.24, 2.45) is 0 Å². The molecule has 0 heterocycles. The van der Waals surface area contributed by atoms with Crippen molar-refractivity contribution in [3.63, 3.8) is 0 Å². The average Bonchev–Trinajstić information content (AvgIpc) is 2.84. The van der Waals surface area contributed by atoms with E-state index in [0.717, 1.165) is 14.5 Å². The third-order valence-electron chi connectivity index (χ3n) is 4.94. The van der Waals surface area contributed by atoms with Crippen LogP contribution in [0.1, 0.15) is 18.4 Å². The molecule has 4 unspecified atom stereocenters. The average molecular weight is 604 g/mol. The van der Waals surface area contributed by atoms with Crippen molar-refractivity contribution >= 4 is 69.7 Å². The molecule has 1 aromatic carbocycles. The molecule has 0 spiro atoms. The number of rotatable bonds is 4. The molecule has 4 atom stereocenters. The predicted molar refractivity (Wildman–Crippen MR) is 110 cm³/mol. The van der Waals surface area contributed by atoms with Gasteiger partial charge in [-0.1, -0.05) is 94.1 Å². The van der Waals surface area contributed by atoms with Crippen LogP contribution in [0.4, 0.5) is 0 Å².